The lowest BCUT2D eigenvalue weighted by Crippen LogP contribution is -2.41. The van der Waals surface area contributed by atoms with Crippen LogP contribution in [0.3, 0.4) is 0 Å². The number of ether oxygens (including phenoxy) is 1. The van der Waals surface area contributed by atoms with E-state index in [-0.39, 0.29) is 11.3 Å². The lowest BCUT2D eigenvalue weighted by molar-refractivity contribution is -0.135. The van der Waals surface area contributed by atoms with Crippen LogP contribution in [-0.2, 0) is 9.53 Å². The van der Waals surface area contributed by atoms with Crippen molar-refractivity contribution in [2.24, 2.45) is 11.1 Å². The first-order valence-electron chi connectivity index (χ1n) is 7.19. The van der Waals surface area contributed by atoms with E-state index >= 15 is 0 Å². The van der Waals surface area contributed by atoms with Crippen LogP contribution < -0.4 is 5.73 Å². The molecule has 0 atom stereocenters. The van der Waals surface area contributed by atoms with E-state index < -0.39 is 0 Å². The second kappa shape index (κ2) is 7.82. The second-order valence-corrected chi connectivity index (χ2v) is 6.20. The molecular weight excluding hydrogens is 242 g/mol. The standard InChI is InChI=1S/C14H29N3O2/c1-14(2,11-15)12-16(3)6-4-5-13(18)17-7-9-19-10-8-17/h4-12,15H2,1-3H3. The van der Waals surface area contributed by atoms with Crippen LogP contribution in [0, 0.1) is 5.41 Å². The Bertz CT molecular complexity index is 276. The van der Waals surface area contributed by atoms with Gasteiger partial charge in [0.25, 0.3) is 0 Å². The molecule has 1 heterocycles. The van der Waals surface area contributed by atoms with Gasteiger partial charge in [0, 0.05) is 26.1 Å². The highest BCUT2D eigenvalue weighted by molar-refractivity contribution is 5.76. The summed E-state index contributed by atoms with van der Waals surface area (Å²) in [5.41, 5.74) is 5.87. The zero-order valence-corrected chi connectivity index (χ0v) is 12.7. The van der Waals surface area contributed by atoms with Crippen molar-refractivity contribution >= 4 is 5.91 Å². The van der Waals surface area contributed by atoms with Crippen molar-refractivity contribution in [2.45, 2.75) is 26.7 Å². The predicted octanol–water partition coefficient (Wildman–Crippen LogP) is 0.542. The molecule has 1 rings (SSSR count). The van der Waals surface area contributed by atoms with Crippen LogP contribution in [0.1, 0.15) is 26.7 Å². The molecule has 1 saturated heterocycles. The minimum atomic E-state index is 0.142. The third kappa shape index (κ3) is 6.36. The van der Waals surface area contributed by atoms with Crippen molar-refractivity contribution in [3.63, 3.8) is 0 Å². The Morgan fingerprint density at radius 2 is 2.00 bits per heavy atom. The number of nitrogens with zero attached hydrogens (tertiary/aromatic N) is 2. The Morgan fingerprint density at radius 1 is 1.37 bits per heavy atom. The third-order valence-electron chi connectivity index (χ3n) is 3.54. The van der Waals surface area contributed by atoms with Crippen LogP contribution in [0.5, 0.6) is 0 Å². The highest BCUT2D eigenvalue weighted by Crippen LogP contribution is 2.14. The van der Waals surface area contributed by atoms with Gasteiger partial charge in [-0.25, -0.2) is 0 Å². The molecule has 19 heavy (non-hydrogen) atoms. The van der Waals surface area contributed by atoms with Gasteiger partial charge in [0.2, 0.25) is 5.91 Å². The quantitative estimate of drug-likeness (QED) is 0.734. The monoisotopic (exact) mass is 271 g/mol. The molecule has 5 nitrogen and oxygen atoms in total. The maximum absolute atomic E-state index is 12.0. The summed E-state index contributed by atoms with van der Waals surface area (Å²) in [6, 6.07) is 0. The maximum atomic E-state index is 12.0. The highest BCUT2D eigenvalue weighted by atomic mass is 16.5. The van der Waals surface area contributed by atoms with Crippen LogP contribution in [0.25, 0.3) is 0 Å². The Labute approximate surface area is 117 Å². The Morgan fingerprint density at radius 3 is 2.58 bits per heavy atom. The lowest BCUT2D eigenvalue weighted by atomic mass is 9.93. The number of amides is 1. The third-order valence-corrected chi connectivity index (χ3v) is 3.54. The fourth-order valence-electron chi connectivity index (χ4n) is 2.35. The Hall–Kier alpha value is -0.650. The molecule has 0 aliphatic carbocycles. The van der Waals surface area contributed by atoms with Crippen LogP contribution in [0.15, 0.2) is 0 Å². The molecule has 0 aromatic heterocycles. The largest absolute Gasteiger partial charge is 0.378 e. The number of nitrogens with two attached hydrogens (primary N) is 1. The Balaban J connectivity index is 2.17. The molecule has 1 amide bonds. The minimum Gasteiger partial charge on any atom is -0.378 e. The molecule has 0 saturated carbocycles. The molecule has 0 aromatic rings. The zero-order chi connectivity index (χ0) is 14.3. The molecule has 0 unspecified atom stereocenters. The van der Waals surface area contributed by atoms with Crippen LogP contribution in [-0.4, -0.2) is 68.7 Å². The van der Waals surface area contributed by atoms with E-state index in [1.165, 1.54) is 0 Å². The van der Waals surface area contributed by atoms with Gasteiger partial charge in [0.1, 0.15) is 0 Å². The van der Waals surface area contributed by atoms with Gasteiger partial charge < -0.3 is 20.3 Å². The molecule has 5 heteroatoms. The SMILES string of the molecule is CN(CCCC(=O)N1CCOCC1)CC(C)(C)CN. The summed E-state index contributed by atoms with van der Waals surface area (Å²) in [7, 11) is 2.09. The molecule has 112 valence electrons. The summed E-state index contributed by atoms with van der Waals surface area (Å²) in [5.74, 6) is 0.259. The fraction of sp³-hybridized carbons (Fsp3) is 0.929. The first-order chi connectivity index (χ1) is 8.94. The summed E-state index contributed by atoms with van der Waals surface area (Å²) in [4.78, 5) is 16.1. The molecule has 1 aliphatic heterocycles. The molecule has 0 aromatic carbocycles. The molecule has 0 bridgehead atoms. The van der Waals surface area contributed by atoms with E-state index in [1.807, 2.05) is 4.90 Å². The van der Waals surface area contributed by atoms with Crippen molar-refractivity contribution < 1.29 is 9.53 Å². The number of hydrogen-bond acceptors (Lipinski definition) is 4. The van der Waals surface area contributed by atoms with E-state index in [0.29, 0.717) is 26.2 Å². The van der Waals surface area contributed by atoms with Gasteiger partial charge in [0.05, 0.1) is 13.2 Å². The summed E-state index contributed by atoms with van der Waals surface area (Å²) >= 11 is 0. The molecular formula is C14H29N3O2. The van der Waals surface area contributed by atoms with Gasteiger partial charge in [-0.2, -0.15) is 0 Å². The summed E-state index contributed by atoms with van der Waals surface area (Å²) in [6.45, 7) is 9.78. The first-order valence-corrected chi connectivity index (χ1v) is 7.19. The first kappa shape index (κ1) is 16.4. The molecule has 2 N–H and O–H groups in total. The van der Waals surface area contributed by atoms with Gasteiger partial charge in [-0.15, -0.1) is 0 Å². The summed E-state index contributed by atoms with van der Waals surface area (Å²) in [5, 5.41) is 0. The van der Waals surface area contributed by atoms with Crippen molar-refractivity contribution in [3.8, 4) is 0 Å². The fourth-order valence-corrected chi connectivity index (χ4v) is 2.35. The smallest absolute Gasteiger partial charge is 0.222 e. The second-order valence-electron chi connectivity index (χ2n) is 6.20. The van der Waals surface area contributed by atoms with E-state index in [9.17, 15) is 4.79 Å². The number of carbonyl (C=O) groups excluding carboxylic acids is 1. The number of rotatable bonds is 7. The van der Waals surface area contributed by atoms with Crippen LogP contribution >= 0.6 is 0 Å². The molecule has 1 fully saturated rings. The highest BCUT2D eigenvalue weighted by Gasteiger charge is 2.19. The summed E-state index contributed by atoms with van der Waals surface area (Å²) in [6.07, 6.45) is 1.54. The number of morpholine rings is 1. The number of carbonyl (C=O) groups is 1. The predicted molar refractivity (Wildman–Crippen MR) is 77.0 cm³/mol. The van der Waals surface area contributed by atoms with Crippen molar-refractivity contribution in [3.05, 3.63) is 0 Å². The van der Waals surface area contributed by atoms with Crippen molar-refractivity contribution in [1.29, 1.82) is 0 Å². The van der Waals surface area contributed by atoms with E-state index in [4.69, 9.17) is 10.5 Å². The van der Waals surface area contributed by atoms with E-state index in [0.717, 1.165) is 32.6 Å². The molecule has 0 spiro atoms. The van der Waals surface area contributed by atoms with Crippen molar-refractivity contribution in [1.82, 2.24) is 9.80 Å². The van der Waals surface area contributed by atoms with Crippen LogP contribution in [0.2, 0.25) is 0 Å². The van der Waals surface area contributed by atoms with Gasteiger partial charge in [-0.05, 0) is 32.0 Å². The maximum Gasteiger partial charge on any atom is 0.222 e. The Kier molecular flexibility index (Phi) is 6.75. The zero-order valence-electron chi connectivity index (χ0n) is 12.7. The topological polar surface area (TPSA) is 58.8 Å². The van der Waals surface area contributed by atoms with Crippen molar-refractivity contribution in [2.75, 3.05) is 53.0 Å². The van der Waals surface area contributed by atoms with E-state index in [2.05, 4.69) is 25.8 Å². The number of hydrogen-bond donors (Lipinski definition) is 1. The average molecular weight is 271 g/mol. The minimum absolute atomic E-state index is 0.142. The molecule has 0 radical (unpaired) electrons. The molecule has 1 aliphatic rings. The van der Waals surface area contributed by atoms with Crippen LogP contribution in [0.4, 0.5) is 0 Å². The normalized spacial score (nSPS) is 17.0. The van der Waals surface area contributed by atoms with E-state index in [1.54, 1.807) is 0 Å². The van der Waals surface area contributed by atoms with Gasteiger partial charge in [-0.1, -0.05) is 13.8 Å². The lowest BCUT2D eigenvalue weighted by Gasteiger charge is -2.29. The van der Waals surface area contributed by atoms with Gasteiger partial charge >= 0.3 is 0 Å². The van der Waals surface area contributed by atoms with Gasteiger partial charge in [0.15, 0.2) is 0 Å². The average Bonchev–Trinajstić information content (AvgIpc) is 2.39. The summed E-state index contributed by atoms with van der Waals surface area (Å²) < 4.78 is 5.25. The van der Waals surface area contributed by atoms with Gasteiger partial charge in [-0.3, -0.25) is 4.79 Å².